The highest BCUT2D eigenvalue weighted by Gasteiger charge is 2.39. The van der Waals surface area contributed by atoms with Gasteiger partial charge in [0.05, 0.1) is 29.6 Å². The fraction of sp³-hybridized carbons (Fsp3) is 0.409. The third kappa shape index (κ3) is 4.57. The Kier molecular flexibility index (Phi) is 6.13. The van der Waals surface area contributed by atoms with Crippen LogP contribution in [0.4, 0.5) is 24.5 Å². The van der Waals surface area contributed by atoms with Crippen molar-refractivity contribution >= 4 is 45.5 Å². The average Bonchev–Trinajstić information content (AvgIpc) is 2.77. The monoisotopic (exact) mass is 480 g/mol. The first-order chi connectivity index (χ1) is 15.6. The third-order valence-corrected chi connectivity index (χ3v) is 6.50. The summed E-state index contributed by atoms with van der Waals surface area (Å²) in [5.41, 5.74) is 12.5. The van der Waals surface area contributed by atoms with Gasteiger partial charge < -0.3 is 21.3 Å². The number of amides is 1. The van der Waals surface area contributed by atoms with E-state index >= 15 is 0 Å². The fourth-order valence-electron chi connectivity index (χ4n) is 4.56. The van der Waals surface area contributed by atoms with Gasteiger partial charge in [0.15, 0.2) is 0 Å². The number of benzene rings is 1. The van der Waals surface area contributed by atoms with E-state index in [0.29, 0.717) is 36.6 Å². The van der Waals surface area contributed by atoms with Crippen LogP contribution >= 0.6 is 11.6 Å². The first kappa shape index (κ1) is 23.2. The zero-order valence-corrected chi connectivity index (χ0v) is 18.5. The van der Waals surface area contributed by atoms with Crippen molar-refractivity contribution in [3.8, 4) is 0 Å². The number of carbonyl (C=O) groups is 1. The second kappa shape index (κ2) is 8.74. The lowest BCUT2D eigenvalue weighted by Gasteiger charge is -2.37. The molecule has 0 atom stereocenters. The van der Waals surface area contributed by atoms with Gasteiger partial charge in [-0.15, -0.1) is 0 Å². The van der Waals surface area contributed by atoms with E-state index in [9.17, 15) is 18.0 Å². The number of piperidine rings is 1. The molecule has 0 spiro atoms. The first-order valence-electron chi connectivity index (χ1n) is 10.6. The highest BCUT2D eigenvalue weighted by atomic mass is 35.5. The number of nitrogens with one attached hydrogen (secondary N) is 1. The van der Waals surface area contributed by atoms with Gasteiger partial charge in [0, 0.05) is 47.2 Å². The van der Waals surface area contributed by atoms with Gasteiger partial charge in [0.1, 0.15) is 5.71 Å². The van der Waals surface area contributed by atoms with E-state index in [4.69, 9.17) is 28.5 Å². The number of rotatable bonds is 3. The molecule has 11 heteroatoms. The molecule has 2 aliphatic heterocycles. The topological polar surface area (TPSA) is 112 Å². The Morgan fingerprint density at radius 3 is 2.52 bits per heavy atom. The maximum Gasteiger partial charge on any atom is 0.432 e. The van der Waals surface area contributed by atoms with Gasteiger partial charge in [-0.2, -0.15) is 13.2 Å². The number of hydrogen-bond acceptors (Lipinski definition) is 6. The minimum absolute atomic E-state index is 0.0673. The molecule has 176 valence electrons. The summed E-state index contributed by atoms with van der Waals surface area (Å²) in [4.78, 5) is 21.0. The van der Waals surface area contributed by atoms with Crippen LogP contribution in [0.15, 0.2) is 35.7 Å². The summed E-state index contributed by atoms with van der Waals surface area (Å²) < 4.78 is 38.6. The van der Waals surface area contributed by atoms with Crippen molar-refractivity contribution in [1.29, 1.82) is 5.41 Å². The lowest BCUT2D eigenvalue weighted by Crippen LogP contribution is -2.47. The van der Waals surface area contributed by atoms with E-state index in [1.54, 1.807) is 12.3 Å². The number of alkyl halides is 3. The minimum atomic E-state index is -4.75. The van der Waals surface area contributed by atoms with Crippen molar-refractivity contribution in [2.75, 3.05) is 36.8 Å². The quantitative estimate of drug-likeness (QED) is 0.580. The highest BCUT2D eigenvalue weighted by Crippen LogP contribution is 2.36. The number of anilines is 2. The SMILES string of the molecule is N=C(C1=C(N)CN(C(=O)C2CCN(c3c(N)cnc4ccc(Cl)cc34)CC2)CC1)C(F)(F)F. The number of aromatic nitrogens is 1. The molecule has 0 aliphatic carbocycles. The molecule has 1 fully saturated rings. The van der Waals surface area contributed by atoms with Gasteiger partial charge in [0.2, 0.25) is 5.91 Å². The highest BCUT2D eigenvalue weighted by molar-refractivity contribution is 6.31. The van der Waals surface area contributed by atoms with Crippen LogP contribution < -0.4 is 16.4 Å². The molecule has 2 aliphatic rings. The molecule has 7 nitrogen and oxygen atoms in total. The van der Waals surface area contributed by atoms with Crippen LogP contribution in [0.2, 0.25) is 5.02 Å². The maximum absolute atomic E-state index is 13.0. The lowest BCUT2D eigenvalue weighted by molar-refractivity contribution is -0.136. The Labute approximate surface area is 193 Å². The fourth-order valence-corrected chi connectivity index (χ4v) is 4.73. The Morgan fingerprint density at radius 2 is 1.88 bits per heavy atom. The Morgan fingerprint density at radius 1 is 1.18 bits per heavy atom. The summed E-state index contributed by atoms with van der Waals surface area (Å²) in [6.07, 6.45) is -2.05. The lowest BCUT2D eigenvalue weighted by atomic mass is 9.92. The smallest absolute Gasteiger partial charge is 0.400 e. The van der Waals surface area contributed by atoms with Crippen molar-refractivity contribution in [3.05, 3.63) is 40.7 Å². The second-order valence-electron chi connectivity index (χ2n) is 8.37. The normalized spacial score (nSPS) is 18.2. The molecule has 0 bridgehead atoms. The standard InChI is InChI=1S/C22H24ClF3N6O/c23-13-1-2-18-15(9-13)19(16(27)10-30-18)31-6-3-12(4-7-31)21(33)32-8-5-14(17(28)11-32)20(29)22(24,25)26/h1-2,9-10,12,29H,3-8,11,27-28H2. The van der Waals surface area contributed by atoms with Crippen LogP contribution in [-0.2, 0) is 4.79 Å². The van der Waals surface area contributed by atoms with Crippen LogP contribution in [0, 0.1) is 11.3 Å². The first-order valence-corrected chi connectivity index (χ1v) is 10.9. The third-order valence-electron chi connectivity index (χ3n) is 6.27. The summed E-state index contributed by atoms with van der Waals surface area (Å²) in [6.45, 7) is 1.21. The van der Waals surface area contributed by atoms with Crippen molar-refractivity contribution in [2.45, 2.75) is 25.4 Å². The zero-order chi connectivity index (χ0) is 23.9. The number of nitrogens with two attached hydrogens (primary N) is 2. The van der Waals surface area contributed by atoms with Crippen molar-refractivity contribution in [3.63, 3.8) is 0 Å². The van der Waals surface area contributed by atoms with Crippen LogP contribution in [0.5, 0.6) is 0 Å². The molecule has 0 radical (unpaired) electrons. The van der Waals surface area contributed by atoms with E-state index < -0.39 is 11.9 Å². The van der Waals surface area contributed by atoms with Crippen molar-refractivity contribution < 1.29 is 18.0 Å². The minimum Gasteiger partial charge on any atom is -0.400 e. The molecule has 0 saturated carbocycles. The number of carbonyl (C=O) groups excluding carboxylic acids is 1. The molecule has 0 unspecified atom stereocenters. The summed E-state index contributed by atoms with van der Waals surface area (Å²) >= 11 is 6.17. The van der Waals surface area contributed by atoms with Crippen LogP contribution in [0.3, 0.4) is 0 Å². The molecule has 5 N–H and O–H groups in total. The molecule has 33 heavy (non-hydrogen) atoms. The van der Waals surface area contributed by atoms with E-state index in [2.05, 4.69) is 9.88 Å². The summed E-state index contributed by atoms with van der Waals surface area (Å²) in [5, 5.41) is 8.76. The number of nitrogens with zero attached hydrogens (tertiary/aromatic N) is 3. The average molecular weight is 481 g/mol. The van der Waals surface area contributed by atoms with E-state index in [1.807, 2.05) is 12.1 Å². The molecule has 1 amide bonds. The number of fused-ring (bicyclic) bond motifs is 1. The molecule has 1 aromatic carbocycles. The van der Waals surface area contributed by atoms with Crippen molar-refractivity contribution in [2.24, 2.45) is 11.7 Å². The zero-order valence-electron chi connectivity index (χ0n) is 17.8. The van der Waals surface area contributed by atoms with E-state index in [0.717, 1.165) is 16.6 Å². The van der Waals surface area contributed by atoms with Gasteiger partial charge in [-0.25, -0.2) is 0 Å². The predicted molar refractivity (Wildman–Crippen MR) is 122 cm³/mol. The van der Waals surface area contributed by atoms with Crippen LogP contribution in [-0.4, -0.2) is 53.9 Å². The maximum atomic E-state index is 13.0. The molecule has 4 rings (SSSR count). The Hall–Kier alpha value is -3.01. The molecular weight excluding hydrogens is 457 g/mol. The van der Waals surface area contributed by atoms with Crippen LogP contribution in [0.25, 0.3) is 10.9 Å². The van der Waals surface area contributed by atoms with Gasteiger partial charge in [-0.3, -0.25) is 15.2 Å². The largest absolute Gasteiger partial charge is 0.432 e. The molecule has 1 aromatic heterocycles. The number of pyridine rings is 1. The molecule has 2 aromatic rings. The molecular formula is C22H24ClF3N6O. The van der Waals surface area contributed by atoms with Gasteiger partial charge in [-0.1, -0.05) is 11.6 Å². The number of hydrogen-bond donors (Lipinski definition) is 3. The van der Waals surface area contributed by atoms with Crippen molar-refractivity contribution in [1.82, 2.24) is 9.88 Å². The summed E-state index contributed by atoms with van der Waals surface area (Å²) in [7, 11) is 0. The summed E-state index contributed by atoms with van der Waals surface area (Å²) in [5.74, 6) is -0.374. The number of nitrogen functional groups attached to an aromatic ring is 1. The number of halogens is 4. The Balaban J connectivity index is 1.44. The van der Waals surface area contributed by atoms with E-state index in [-0.39, 0.29) is 42.6 Å². The Bertz CT molecular complexity index is 1140. The van der Waals surface area contributed by atoms with Gasteiger partial charge in [-0.05, 0) is 37.5 Å². The predicted octanol–water partition coefficient (Wildman–Crippen LogP) is 3.71. The van der Waals surface area contributed by atoms with Gasteiger partial charge >= 0.3 is 6.18 Å². The van der Waals surface area contributed by atoms with Crippen LogP contribution in [0.1, 0.15) is 19.3 Å². The molecule has 3 heterocycles. The summed E-state index contributed by atoms with van der Waals surface area (Å²) in [6, 6.07) is 5.42. The van der Waals surface area contributed by atoms with E-state index in [1.165, 1.54) is 4.90 Å². The molecule has 1 saturated heterocycles. The van der Waals surface area contributed by atoms with Gasteiger partial charge in [0.25, 0.3) is 0 Å². The second-order valence-corrected chi connectivity index (χ2v) is 8.81.